The Balaban J connectivity index is 1.75. The van der Waals surface area contributed by atoms with Gasteiger partial charge in [0, 0.05) is 13.1 Å². The lowest BCUT2D eigenvalue weighted by atomic mass is 10.3. The van der Waals surface area contributed by atoms with E-state index in [4.69, 9.17) is 4.52 Å². The monoisotopic (exact) mass is 273 g/mol. The minimum atomic E-state index is -3.17. The number of aromatic nitrogens is 2. The maximum atomic E-state index is 11.4. The quantitative estimate of drug-likeness (QED) is 0.529. The van der Waals surface area contributed by atoms with Crippen molar-refractivity contribution >= 4 is 21.8 Å². The Labute approximate surface area is 103 Å². The van der Waals surface area contributed by atoms with E-state index in [-0.39, 0.29) is 11.8 Å². The van der Waals surface area contributed by atoms with Gasteiger partial charge in [0.15, 0.2) is 0 Å². The second kappa shape index (κ2) is 3.65. The normalized spacial score (nSPS) is 20.3. The molecule has 0 amide bonds. The Bertz CT molecular complexity index is 613. The molecule has 10 heteroatoms. The Morgan fingerprint density at radius 1 is 1.33 bits per heavy atom. The van der Waals surface area contributed by atoms with E-state index in [1.165, 1.54) is 15.4 Å². The molecule has 9 nitrogen and oxygen atoms in total. The van der Waals surface area contributed by atoms with Gasteiger partial charge in [-0.1, -0.05) is 0 Å². The van der Waals surface area contributed by atoms with E-state index >= 15 is 0 Å². The number of sulfonamides is 1. The standard InChI is InChI=1S/C8H11N5O4S/c1-18(15,16)12-4-2-11(3-5-12)13-6-7(14)9-8(6)17-10-13/h2-5H2,1H3. The number of rotatable bonds is 2. The highest BCUT2D eigenvalue weighted by atomic mass is 32.2. The van der Waals surface area contributed by atoms with Crippen molar-refractivity contribution in [2.24, 2.45) is 4.99 Å². The molecular formula is C8H11N5O4S. The van der Waals surface area contributed by atoms with Crippen LogP contribution in [0.1, 0.15) is 5.69 Å². The van der Waals surface area contributed by atoms with Crippen molar-refractivity contribution < 1.29 is 22.8 Å². The third kappa shape index (κ3) is 1.64. The van der Waals surface area contributed by atoms with Crippen molar-refractivity contribution in [2.75, 3.05) is 37.4 Å². The van der Waals surface area contributed by atoms with Gasteiger partial charge >= 0.3 is 11.6 Å². The molecule has 1 aromatic rings. The van der Waals surface area contributed by atoms with Crippen LogP contribution in [0, 0.1) is 0 Å². The summed E-state index contributed by atoms with van der Waals surface area (Å²) in [7, 11) is -3.17. The van der Waals surface area contributed by atoms with Crippen LogP contribution in [0.25, 0.3) is 0 Å². The molecule has 1 aromatic heterocycles. The number of piperazine rings is 1. The number of hydrogen-bond acceptors (Lipinski definition) is 7. The van der Waals surface area contributed by atoms with Crippen LogP contribution in [-0.2, 0) is 10.0 Å². The third-order valence-corrected chi connectivity index (χ3v) is 4.27. The van der Waals surface area contributed by atoms with Crippen LogP contribution in [0.4, 0.5) is 5.88 Å². The fourth-order valence-corrected chi connectivity index (χ4v) is 2.81. The van der Waals surface area contributed by atoms with Crippen LogP contribution in [0.15, 0.2) is 9.52 Å². The molecule has 0 spiro atoms. The van der Waals surface area contributed by atoms with Gasteiger partial charge in [0.1, 0.15) is 0 Å². The van der Waals surface area contributed by atoms with Crippen molar-refractivity contribution in [3.05, 3.63) is 5.69 Å². The van der Waals surface area contributed by atoms with Gasteiger partial charge in [-0.05, 0) is 0 Å². The summed E-state index contributed by atoms with van der Waals surface area (Å²) in [6.07, 6.45) is 1.18. The van der Waals surface area contributed by atoms with Gasteiger partial charge < -0.3 is 5.11 Å². The predicted molar refractivity (Wildman–Crippen MR) is 57.3 cm³/mol. The van der Waals surface area contributed by atoms with Crippen LogP contribution in [0.2, 0.25) is 0 Å². The highest BCUT2D eigenvalue weighted by Crippen LogP contribution is 2.23. The molecule has 0 saturated carbocycles. The third-order valence-electron chi connectivity index (χ3n) is 2.96. The summed E-state index contributed by atoms with van der Waals surface area (Å²) < 4.78 is 29.0. The van der Waals surface area contributed by atoms with Gasteiger partial charge in [-0.15, -0.1) is 0 Å². The molecule has 3 heterocycles. The van der Waals surface area contributed by atoms with Crippen LogP contribution in [0.5, 0.6) is 0 Å². The maximum absolute atomic E-state index is 11.4. The van der Waals surface area contributed by atoms with E-state index in [1.807, 2.05) is 0 Å². The first kappa shape index (κ1) is 11.4. The van der Waals surface area contributed by atoms with E-state index in [0.717, 1.165) is 0 Å². The average molecular weight is 273 g/mol. The van der Waals surface area contributed by atoms with Crippen LogP contribution < -0.4 is 14.9 Å². The molecule has 98 valence electrons. The molecule has 2 aliphatic heterocycles. The molecule has 0 N–H and O–H groups in total. The molecule has 1 saturated heterocycles. The fourth-order valence-electron chi connectivity index (χ4n) is 1.98. The van der Waals surface area contributed by atoms with E-state index in [2.05, 4.69) is 10.3 Å². The molecule has 0 atom stereocenters. The lowest BCUT2D eigenvalue weighted by Gasteiger charge is -2.28. The Kier molecular flexibility index (Phi) is 2.32. The molecular weight excluding hydrogens is 262 g/mol. The summed E-state index contributed by atoms with van der Waals surface area (Å²) in [5.41, 5.74) is 0.322. The number of fused-ring (bicyclic) bond motifs is 1. The molecule has 1 fully saturated rings. The summed E-state index contributed by atoms with van der Waals surface area (Å²) in [6, 6.07) is 0. The van der Waals surface area contributed by atoms with E-state index < -0.39 is 10.0 Å². The van der Waals surface area contributed by atoms with E-state index in [1.54, 1.807) is 5.01 Å². The van der Waals surface area contributed by atoms with Crippen molar-refractivity contribution in [1.29, 1.82) is 0 Å². The summed E-state index contributed by atoms with van der Waals surface area (Å²) in [5.74, 6) is -0.137. The van der Waals surface area contributed by atoms with Crippen molar-refractivity contribution in [1.82, 2.24) is 9.58 Å². The summed E-state index contributed by atoms with van der Waals surface area (Å²) in [6.45, 7) is 1.62. The molecule has 0 bridgehead atoms. The second-order valence-electron chi connectivity index (χ2n) is 4.15. The zero-order valence-electron chi connectivity index (χ0n) is 9.61. The first-order valence-corrected chi connectivity index (χ1v) is 7.20. The molecule has 18 heavy (non-hydrogen) atoms. The zero-order chi connectivity index (χ0) is 12.9. The van der Waals surface area contributed by atoms with E-state index in [9.17, 15) is 13.5 Å². The Morgan fingerprint density at radius 2 is 2.00 bits per heavy atom. The molecule has 2 aliphatic rings. The van der Waals surface area contributed by atoms with Crippen molar-refractivity contribution in [3.63, 3.8) is 0 Å². The fraction of sp³-hybridized carbons (Fsp3) is 0.625. The summed E-state index contributed by atoms with van der Waals surface area (Å²) in [5, 5.41) is 16.7. The van der Waals surface area contributed by atoms with Crippen LogP contribution >= 0.6 is 0 Å². The van der Waals surface area contributed by atoms with Gasteiger partial charge in [-0.3, -0.25) is 4.52 Å². The van der Waals surface area contributed by atoms with Crippen LogP contribution in [-0.4, -0.2) is 56.3 Å². The first-order valence-electron chi connectivity index (χ1n) is 5.35. The highest BCUT2D eigenvalue weighted by molar-refractivity contribution is 7.88. The molecule has 0 aliphatic carbocycles. The minimum absolute atomic E-state index is 0.227. The zero-order valence-corrected chi connectivity index (χ0v) is 10.4. The van der Waals surface area contributed by atoms with E-state index in [0.29, 0.717) is 31.9 Å². The Hall–Kier alpha value is -1.68. The molecule has 0 radical (unpaired) electrons. The second-order valence-corrected chi connectivity index (χ2v) is 6.13. The van der Waals surface area contributed by atoms with Crippen molar-refractivity contribution in [3.8, 4) is 0 Å². The maximum Gasteiger partial charge on any atom is 0.344 e. The molecule has 3 rings (SSSR count). The minimum Gasteiger partial charge on any atom is -0.854 e. The molecule has 0 unspecified atom stereocenters. The van der Waals surface area contributed by atoms with Crippen LogP contribution in [0.3, 0.4) is 0 Å². The Morgan fingerprint density at radius 3 is 2.56 bits per heavy atom. The lowest BCUT2D eigenvalue weighted by molar-refractivity contribution is -0.761. The largest absolute Gasteiger partial charge is 0.854 e. The first-order chi connectivity index (χ1) is 8.47. The number of nitrogens with zero attached hydrogens (tertiary/aromatic N) is 5. The average Bonchev–Trinajstić information content (AvgIpc) is 2.65. The van der Waals surface area contributed by atoms with Gasteiger partial charge in [0.25, 0.3) is 0 Å². The van der Waals surface area contributed by atoms with Gasteiger partial charge in [-0.2, -0.15) is 9.31 Å². The number of hydrogen-bond donors (Lipinski definition) is 0. The van der Waals surface area contributed by atoms with Gasteiger partial charge in [0.05, 0.1) is 30.0 Å². The van der Waals surface area contributed by atoms with Crippen molar-refractivity contribution in [2.45, 2.75) is 0 Å². The van der Waals surface area contributed by atoms with Gasteiger partial charge in [0.2, 0.25) is 15.3 Å². The summed E-state index contributed by atoms with van der Waals surface area (Å²) >= 11 is 0. The SMILES string of the molecule is CS(=O)(=O)N1CCN([n+]2noc3c2C([O-])=N3)CC1. The predicted octanol–water partition coefficient (Wildman–Crippen LogP) is -3.07. The number of aliphatic imine (C=N–C) groups is 1. The topological polar surface area (TPSA) is 106 Å². The lowest BCUT2D eigenvalue weighted by Crippen LogP contribution is -2.68. The highest BCUT2D eigenvalue weighted by Gasteiger charge is 2.38. The van der Waals surface area contributed by atoms with Gasteiger partial charge in [-0.25, -0.2) is 13.4 Å². The summed E-state index contributed by atoms with van der Waals surface area (Å²) in [4.78, 5) is 4.90. The molecule has 0 aromatic carbocycles. The smallest absolute Gasteiger partial charge is 0.344 e.